The van der Waals surface area contributed by atoms with Crippen LogP contribution in [0.2, 0.25) is 10.0 Å². The third kappa shape index (κ3) is 3.97. The van der Waals surface area contributed by atoms with Crippen molar-refractivity contribution in [1.82, 2.24) is 4.31 Å². The normalized spacial score (nSPS) is 13.0. The zero-order valence-electron chi connectivity index (χ0n) is 10.8. The van der Waals surface area contributed by atoms with Crippen molar-refractivity contribution in [3.63, 3.8) is 0 Å². The van der Waals surface area contributed by atoms with Gasteiger partial charge in [0.05, 0.1) is 26.2 Å². The number of halogens is 2. The van der Waals surface area contributed by atoms with E-state index in [9.17, 15) is 13.5 Å². The molecule has 0 heterocycles. The minimum Gasteiger partial charge on any atom is -0.396 e. The highest BCUT2D eigenvalue weighted by atomic mass is 35.5. The first-order valence-electron chi connectivity index (χ1n) is 5.38. The number of hydrogen-bond acceptors (Lipinski definition) is 4. The molecule has 0 atom stereocenters. The molecule has 1 aromatic carbocycles. The molecular formula is C11H16Cl2N2O3S. The van der Waals surface area contributed by atoms with Crippen molar-refractivity contribution in [1.29, 1.82) is 0 Å². The Balaban J connectivity index is 3.21. The van der Waals surface area contributed by atoms with Gasteiger partial charge in [-0.3, -0.25) is 0 Å². The summed E-state index contributed by atoms with van der Waals surface area (Å²) in [7, 11) is -2.42. The quantitative estimate of drug-likeness (QED) is 0.828. The van der Waals surface area contributed by atoms with E-state index in [1.807, 2.05) is 0 Å². The van der Waals surface area contributed by atoms with E-state index in [-0.39, 0.29) is 27.2 Å². The lowest BCUT2D eigenvalue weighted by Crippen LogP contribution is -2.39. The van der Waals surface area contributed by atoms with E-state index >= 15 is 0 Å². The fourth-order valence-corrected chi connectivity index (χ4v) is 3.52. The third-order valence-corrected chi connectivity index (χ3v) is 4.78. The molecule has 0 saturated heterocycles. The van der Waals surface area contributed by atoms with Gasteiger partial charge in [-0.25, -0.2) is 8.42 Å². The monoisotopic (exact) mass is 326 g/mol. The molecule has 1 rings (SSSR count). The minimum absolute atomic E-state index is 0.0606. The first kappa shape index (κ1) is 16.5. The fourth-order valence-electron chi connectivity index (χ4n) is 1.52. The zero-order valence-corrected chi connectivity index (χ0v) is 13.1. The highest BCUT2D eigenvalue weighted by Gasteiger charge is 2.27. The molecule has 0 amide bonds. The predicted molar refractivity (Wildman–Crippen MR) is 77.0 cm³/mol. The number of nitrogens with zero attached hydrogens (tertiary/aromatic N) is 1. The SMILES string of the molecule is CN(CC(C)(C)O)S(=O)(=O)c1cc(Cl)c(N)c(Cl)c1. The maximum atomic E-state index is 12.3. The van der Waals surface area contributed by atoms with E-state index in [2.05, 4.69) is 0 Å². The van der Waals surface area contributed by atoms with Gasteiger partial charge in [-0.2, -0.15) is 4.31 Å². The summed E-state index contributed by atoms with van der Waals surface area (Å²) in [5.74, 6) is 0. The maximum absolute atomic E-state index is 12.3. The molecule has 0 aliphatic carbocycles. The molecule has 8 heteroatoms. The molecule has 0 bridgehead atoms. The van der Waals surface area contributed by atoms with Gasteiger partial charge in [0.1, 0.15) is 0 Å². The lowest BCUT2D eigenvalue weighted by atomic mass is 10.1. The van der Waals surface area contributed by atoms with Crippen LogP contribution in [0, 0.1) is 0 Å². The molecule has 0 aliphatic heterocycles. The molecule has 19 heavy (non-hydrogen) atoms. The van der Waals surface area contributed by atoms with Crippen LogP contribution in [0.3, 0.4) is 0 Å². The number of nitrogen functional groups attached to an aromatic ring is 1. The van der Waals surface area contributed by atoms with Crippen molar-refractivity contribution in [3.05, 3.63) is 22.2 Å². The molecule has 0 aliphatic rings. The molecule has 108 valence electrons. The van der Waals surface area contributed by atoms with Crippen molar-refractivity contribution in [3.8, 4) is 0 Å². The largest absolute Gasteiger partial charge is 0.396 e. The van der Waals surface area contributed by atoms with Crippen molar-refractivity contribution >= 4 is 38.9 Å². The summed E-state index contributed by atoms with van der Waals surface area (Å²) in [6.45, 7) is 2.97. The Bertz CT molecular complexity index is 559. The Morgan fingerprint density at radius 1 is 1.32 bits per heavy atom. The van der Waals surface area contributed by atoms with Crippen LogP contribution in [0.25, 0.3) is 0 Å². The molecule has 3 N–H and O–H groups in total. The van der Waals surface area contributed by atoms with Gasteiger partial charge in [-0.15, -0.1) is 0 Å². The topological polar surface area (TPSA) is 83.6 Å². The van der Waals surface area contributed by atoms with Crippen LogP contribution in [-0.4, -0.2) is 37.0 Å². The second-order valence-corrected chi connectivity index (χ2v) is 7.73. The second-order valence-electron chi connectivity index (χ2n) is 4.87. The van der Waals surface area contributed by atoms with E-state index in [4.69, 9.17) is 28.9 Å². The average Bonchev–Trinajstić information content (AvgIpc) is 2.22. The average molecular weight is 327 g/mol. The van der Waals surface area contributed by atoms with Gasteiger partial charge in [0.2, 0.25) is 10.0 Å². The smallest absolute Gasteiger partial charge is 0.243 e. The van der Waals surface area contributed by atoms with Gasteiger partial charge in [0, 0.05) is 13.6 Å². The number of likely N-dealkylation sites (N-methyl/N-ethyl adjacent to an activating group) is 1. The number of aliphatic hydroxyl groups is 1. The molecule has 0 fully saturated rings. The number of benzene rings is 1. The standard InChI is InChI=1S/C11H16Cl2N2O3S/c1-11(2,16)6-15(3)19(17,18)7-4-8(12)10(14)9(13)5-7/h4-5,16H,6,14H2,1-3H3. The molecule has 0 spiro atoms. The molecule has 0 radical (unpaired) electrons. The van der Waals surface area contributed by atoms with Crippen LogP contribution in [0.5, 0.6) is 0 Å². The lowest BCUT2D eigenvalue weighted by Gasteiger charge is -2.25. The van der Waals surface area contributed by atoms with Crippen LogP contribution < -0.4 is 5.73 Å². The number of anilines is 1. The third-order valence-electron chi connectivity index (χ3n) is 2.37. The molecule has 0 unspecified atom stereocenters. The Morgan fingerprint density at radius 3 is 2.11 bits per heavy atom. The molecule has 1 aromatic rings. The number of rotatable bonds is 4. The van der Waals surface area contributed by atoms with Gasteiger partial charge in [-0.1, -0.05) is 23.2 Å². The highest BCUT2D eigenvalue weighted by Crippen LogP contribution is 2.31. The van der Waals surface area contributed by atoms with E-state index in [0.717, 1.165) is 4.31 Å². The van der Waals surface area contributed by atoms with Crippen LogP contribution in [0.4, 0.5) is 5.69 Å². The first-order chi connectivity index (χ1) is 8.45. The van der Waals surface area contributed by atoms with Crippen LogP contribution >= 0.6 is 23.2 Å². The van der Waals surface area contributed by atoms with Gasteiger partial charge in [-0.05, 0) is 26.0 Å². The Kier molecular flexibility index (Phi) is 4.75. The van der Waals surface area contributed by atoms with Crippen molar-refractivity contribution in [2.24, 2.45) is 0 Å². The van der Waals surface area contributed by atoms with Crippen LogP contribution in [0.15, 0.2) is 17.0 Å². The molecule has 0 saturated carbocycles. The summed E-state index contributed by atoms with van der Waals surface area (Å²) >= 11 is 11.6. The number of nitrogens with two attached hydrogens (primary N) is 1. The summed E-state index contributed by atoms with van der Waals surface area (Å²) < 4.78 is 25.6. The summed E-state index contributed by atoms with van der Waals surface area (Å²) in [4.78, 5) is -0.0662. The van der Waals surface area contributed by atoms with E-state index in [1.54, 1.807) is 0 Å². The molecule has 0 aromatic heterocycles. The minimum atomic E-state index is -3.79. The Hall–Kier alpha value is -0.530. The summed E-state index contributed by atoms with van der Waals surface area (Å²) in [5, 5.41) is 9.82. The van der Waals surface area contributed by atoms with E-state index in [1.165, 1.54) is 33.0 Å². The maximum Gasteiger partial charge on any atom is 0.243 e. The van der Waals surface area contributed by atoms with E-state index in [0.29, 0.717) is 0 Å². The Labute approximate surface area is 123 Å². The summed E-state index contributed by atoms with van der Waals surface area (Å²) in [5.41, 5.74) is 4.54. The molecular weight excluding hydrogens is 311 g/mol. The predicted octanol–water partition coefficient (Wildman–Crippen LogP) is 1.97. The summed E-state index contributed by atoms with van der Waals surface area (Å²) in [6, 6.07) is 2.47. The van der Waals surface area contributed by atoms with Gasteiger partial charge >= 0.3 is 0 Å². The van der Waals surface area contributed by atoms with Crippen LogP contribution in [-0.2, 0) is 10.0 Å². The van der Waals surface area contributed by atoms with Gasteiger partial charge in [0.15, 0.2) is 0 Å². The van der Waals surface area contributed by atoms with Crippen molar-refractivity contribution in [2.45, 2.75) is 24.3 Å². The second kappa shape index (κ2) is 5.46. The molecule has 5 nitrogen and oxygen atoms in total. The highest BCUT2D eigenvalue weighted by molar-refractivity contribution is 7.89. The number of hydrogen-bond donors (Lipinski definition) is 2. The number of sulfonamides is 1. The van der Waals surface area contributed by atoms with Crippen molar-refractivity contribution in [2.75, 3.05) is 19.3 Å². The zero-order chi connectivity index (χ0) is 15.0. The first-order valence-corrected chi connectivity index (χ1v) is 7.58. The lowest BCUT2D eigenvalue weighted by molar-refractivity contribution is 0.0640. The summed E-state index contributed by atoms with van der Waals surface area (Å²) in [6.07, 6.45) is 0. The van der Waals surface area contributed by atoms with Gasteiger partial charge < -0.3 is 10.8 Å². The van der Waals surface area contributed by atoms with E-state index < -0.39 is 15.6 Å². The van der Waals surface area contributed by atoms with Crippen molar-refractivity contribution < 1.29 is 13.5 Å². The Morgan fingerprint density at radius 2 is 1.74 bits per heavy atom. The fraction of sp³-hybridized carbons (Fsp3) is 0.455. The van der Waals surface area contributed by atoms with Gasteiger partial charge in [0.25, 0.3) is 0 Å². The van der Waals surface area contributed by atoms with Crippen LogP contribution in [0.1, 0.15) is 13.8 Å².